The quantitative estimate of drug-likeness (QED) is 0.493. The summed E-state index contributed by atoms with van der Waals surface area (Å²) in [5.41, 5.74) is 3.46. The molecule has 0 aliphatic rings. The first-order chi connectivity index (χ1) is 13.6. The van der Waals surface area contributed by atoms with Crippen LogP contribution in [-0.4, -0.2) is 27.9 Å². The first kappa shape index (κ1) is 20.4. The van der Waals surface area contributed by atoms with Gasteiger partial charge >= 0.3 is 0 Å². The highest BCUT2D eigenvalue weighted by atomic mass is 32.2. The Bertz CT molecular complexity index is 898. The minimum Gasteiger partial charge on any atom is -0.353 e. The molecule has 0 radical (unpaired) electrons. The zero-order chi connectivity index (χ0) is 19.8. The van der Waals surface area contributed by atoms with Crippen molar-refractivity contribution in [3.8, 4) is 0 Å². The van der Waals surface area contributed by atoms with Gasteiger partial charge in [-0.25, -0.2) is 0 Å². The molecule has 1 atom stereocenters. The van der Waals surface area contributed by atoms with Gasteiger partial charge in [-0.1, -0.05) is 71.6 Å². The minimum atomic E-state index is 0.0224. The maximum Gasteiger partial charge on any atom is 0.230 e. The summed E-state index contributed by atoms with van der Waals surface area (Å²) in [6.45, 7) is 4.09. The van der Waals surface area contributed by atoms with Crippen LogP contribution in [0.2, 0.25) is 0 Å². The molecule has 0 saturated carbocycles. The third-order valence-electron chi connectivity index (χ3n) is 4.24. The molecular weight excluding hydrogens is 388 g/mol. The number of rotatable bonds is 9. The van der Waals surface area contributed by atoms with Gasteiger partial charge in [0.05, 0.1) is 5.75 Å². The Kier molecular flexibility index (Phi) is 7.45. The van der Waals surface area contributed by atoms with Crippen molar-refractivity contribution in [3.05, 3.63) is 65.7 Å². The number of thioether (sulfide) groups is 1. The number of hydrogen-bond donors (Lipinski definition) is 2. The molecule has 2 aromatic carbocycles. The molecule has 0 spiro atoms. The van der Waals surface area contributed by atoms with Crippen LogP contribution in [0.15, 0.2) is 58.9 Å². The topological polar surface area (TPSA) is 66.9 Å². The largest absolute Gasteiger partial charge is 0.353 e. The fraction of sp³-hybridized carbons (Fsp3) is 0.286. The average molecular weight is 413 g/mol. The number of aromatic nitrogens is 2. The van der Waals surface area contributed by atoms with Crippen LogP contribution in [-0.2, 0) is 11.2 Å². The Balaban J connectivity index is 1.41. The van der Waals surface area contributed by atoms with E-state index in [4.69, 9.17) is 0 Å². The Morgan fingerprint density at radius 3 is 2.64 bits per heavy atom. The second kappa shape index (κ2) is 10.2. The first-order valence-corrected chi connectivity index (χ1v) is 11.0. The molecule has 2 N–H and O–H groups in total. The lowest BCUT2D eigenvalue weighted by atomic mass is 10.1. The van der Waals surface area contributed by atoms with Gasteiger partial charge in [0.25, 0.3) is 0 Å². The van der Waals surface area contributed by atoms with Crippen molar-refractivity contribution in [2.45, 2.75) is 37.1 Å². The van der Waals surface area contributed by atoms with Crippen molar-refractivity contribution in [1.82, 2.24) is 15.5 Å². The second-order valence-electron chi connectivity index (χ2n) is 6.59. The summed E-state index contributed by atoms with van der Waals surface area (Å²) in [6, 6.07) is 18.5. The number of aryl methyl sites for hydroxylation is 2. The number of nitrogens with one attached hydrogen (secondary N) is 2. The maximum absolute atomic E-state index is 12.2. The van der Waals surface area contributed by atoms with Crippen molar-refractivity contribution in [1.29, 1.82) is 0 Å². The SMILES string of the molecule is Cc1ccccc1Nc1nnc(SCC(=O)NC(C)CCc2ccccc2)s1. The molecular formula is C21H24N4OS2. The smallest absolute Gasteiger partial charge is 0.230 e. The number of carbonyl (C=O) groups is 1. The Hall–Kier alpha value is -2.38. The molecule has 0 saturated heterocycles. The van der Waals surface area contributed by atoms with Crippen LogP contribution in [0.25, 0.3) is 0 Å². The Labute approximate surface area is 174 Å². The van der Waals surface area contributed by atoms with Gasteiger partial charge in [-0.3, -0.25) is 4.79 Å². The molecule has 0 aliphatic carbocycles. The molecule has 1 heterocycles. The monoisotopic (exact) mass is 412 g/mol. The van der Waals surface area contributed by atoms with E-state index in [9.17, 15) is 4.79 Å². The lowest BCUT2D eigenvalue weighted by molar-refractivity contribution is -0.119. The van der Waals surface area contributed by atoms with E-state index in [1.807, 2.05) is 56.3 Å². The normalized spacial score (nSPS) is 11.8. The number of anilines is 2. The van der Waals surface area contributed by atoms with Crippen molar-refractivity contribution in [2.75, 3.05) is 11.1 Å². The summed E-state index contributed by atoms with van der Waals surface area (Å²) in [5.74, 6) is 0.364. The number of carbonyl (C=O) groups excluding carboxylic acids is 1. The zero-order valence-electron chi connectivity index (χ0n) is 16.0. The van der Waals surface area contributed by atoms with E-state index >= 15 is 0 Å². The van der Waals surface area contributed by atoms with Gasteiger partial charge in [-0.2, -0.15) is 0 Å². The zero-order valence-corrected chi connectivity index (χ0v) is 17.6. The Morgan fingerprint density at radius 2 is 1.86 bits per heavy atom. The average Bonchev–Trinajstić information content (AvgIpc) is 3.15. The molecule has 1 aromatic heterocycles. The van der Waals surface area contributed by atoms with Crippen LogP contribution >= 0.6 is 23.1 Å². The predicted octanol–water partition coefficient (Wildman–Crippen LogP) is 4.82. The van der Waals surface area contributed by atoms with E-state index in [0.717, 1.165) is 33.6 Å². The van der Waals surface area contributed by atoms with Crippen molar-refractivity contribution >= 4 is 39.8 Å². The minimum absolute atomic E-state index is 0.0224. The van der Waals surface area contributed by atoms with Crippen LogP contribution in [0, 0.1) is 6.92 Å². The molecule has 3 aromatic rings. The first-order valence-electron chi connectivity index (χ1n) is 9.22. The highest BCUT2D eigenvalue weighted by Gasteiger charge is 2.11. The van der Waals surface area contributed by atoms with Crippen LogP contribution in [0.1, 0.15) is 24.5 Å². The molecule has 28 heavy (non-hydrogen) atoms. The molecule has 146 valence electrons. The maximum atomic E-state index is 12.2. The molecule has 1 unspecified atom stereocenters. The molecule has 5 nitrogen and oxygen atoms in total. The number of para-hydroxylation sites is 1. The molecule has 0 fully saturated rings. The lowest BCUT2D eigenvalue weighted by Gasteiger charge is -2.13. The van der Waals surface area contributed by atoms with Crippen LogP contribution in [0.3, 0.4) is 0 Å². The number of amides is 1. The third-order valence-corrected chi connectivity index (χ3v) is 6.21. The fourth-order valence-electron chi connectivity index (χ4n) is 2.69. The highest BCUT2D eigenvalue weighted by molar-refractivity contribution is 8.01. The van der Waals surface area contributed by atoms with E-state index in [1.54, 1.807) is 0 Å². The van der Waals surface area contributed by atoms with Crippen molar-refractivity contribution in [2.24, 2.45) is 0 Å². The number of benzene rings is 2. The number of hydrogen-bond acceptors (Lipinski definition) is 6. The van der Waals surface area contributed by atoms with Crippen LogP contribution < -0.4 is 10.6 Å². The van der Waals surface area contributed by atoms with Crippen molar-refractivity contribution < 1.29 is 4.79 Å². The summed E-state index contributed by atoms with van der Waals surface area (Å²) < 4.78 is 0.781. The van der Waals surface area contributed by atoms with Gasteiger partial charge in [0.2, 0.25) is 11.0 Å². The van der Waals surface area contributed by atoms with Gasteiger partial charge in [0.1, 0.15) is 0 Å². The number of nitrogens with zero attached hydrogens (tertiary/aromatic N) is 2. The van der Waals surface area contributed by atoms with Crippen molar-refractivity contribution in [3.63, 3.8) is 0 Å². The highest BCUT2D eigenvalue weighted by Crippen LogP contribution is 2.28. The van der Waals surface area contributed by atoms with E-state index in [0.29, 0.717) is 5.75 Å². The van der Waals surface area contributed by atoms with Gasteiger partial charge in [0, 0.05) is 11.7 Å². The molecule has 0 aliphatic heterocycles. The summed E-state index contributed by atoms with van der Waals surface area (Å²) in [5, 5.41) is 15.4. The van der Waals surface area contributed by atoms with E-state index in [-0.39, 0.29) is 11.9 Å². The lowest BCUT2D eigenvalue weighted by Crippen LogP contribution is -2.34. The third kappa shape index (κ3) is 6.35. The van der Waals surface area contributed by atoms with Gasteiger partial charge in [-0.05, 0) is 43.9 Å². The van der Waals surface area contributed by atoms with E-state index in [2.05, 4.69) is 33.0 Å². The predicted molar refractivity (Wildman–Crippen MR) is 117 cm³/mol. The molecule has 3 rings (SSSR count). The fourth-order valence-corrected chi connectivity index (χ4v) is 4.27. The van der Waals surface area contributed by atoms with Gasteiger partial charge < -0.3 is 10.6 Å². The summed E-state index contributed by atoms with van der Waals surface area (Å²) in [4.78, 5) is 12.2. The summed E-state index contributed by atoms with van der Waals surface area (Å²) >= 11 is 2.87. The Morgan fingerprint density at radius 1 is 1.11 bits per heavy atom. The summed E-state index contributed by atoms with van der Waals surface area (Å²) in [7, 11) is 0. The van der Waals surface area contributed by atoms with Gasteiger partial charge in [0.15, 0.2) is 4.34 Å². The van der Waals surface area contributed by atoms with Crippen LogP contribution in [0.5, 0.6) is 0 Å². The summed E-state index contributed by atoms with van der Waals surface area (Å²) in [6.07, 6.45) is 1.88. The van der Waals surface area contributed by atoms with E-state index < -0.39 is 0 Å². The molecule has 1 amide bonds. The molecule has 0 bridgehead atoms. The van der Waals surface area contributed by atoms with E-state index in [1.165, 1.54) is 28.7 Å². The van der Waals surface area contributed by atoms with Crippen LogP contribution in [0.4, 0.5) is 10.8 Å². The van der Waals surface area contributed by atoms with Gasteiger partial charge in [-0.15, -0.1) is 10.2 Å². The second-order valence-corrected chi connectivity index (χ2v) is 8.79. The molecule has 7 heteroatoms. The standard InChI is InChI=1S/C21H24N4OS2/c1-15-8-6-7-11-18(15)23-20-24-25-21(28-20)27-14-19(26)22-16(2)12-13-17-9-4-3-5-10-17/h3-11,16H,12-14H2,1-2H3,(H,22,26)(H,23,24).